The minimum absolute atomic E-state index is 0.114. The molecule has 0 bridgehead atoms. The summed E-state index contributed by atoms with van der Waals surface area (Å²) >= 11 is 0. The zero-order valence-electron chi connectivity index (χ0n) is 17.2. The van der Waals surface area contributed by atoms with E-state index in [0.717, 1.165) is 16.9 Å². The predicted octanol–water partition coefficient (Wildman–Crippen LogP) is 3.05. The average Bonchev–Trinajstić information content (AvgIpc) is 2.91. The smallest absolute Gasteiger partial charge is 0.233 e. The van der Waals surface area contributed by atoms with E-state index in [0.29, 0.717) is 19.3 Å². The van der Waals surface area contributed by atoms with E-state index in [4.69, 9.17) is 4.74 Å². The van der Waals surface area contributed by atoms with E-state index in [2.05, 4.69) is 5.32 Å². The van der Waals surface area contributed by atoms with Crippen LogP contribution in [0.3, 0.4) is 0 Å². The van der Waals surface area contributed by atoms with Gasteiger partial charge in [-0.15, -0.1) is 0 Å². The zero-order chi connectivity index (χ0) is 20.8. The largest absolute Gasteiger partial charge is 0.487 e. The van der Waals surface area contributed by atoms with Crippen LogP contribution in [0.2, 0.25) is 0 Å². The van der Waals surface area contributed by atoms with E-state index in [1.54, 1.807) is 0 Å². The number of benzene rings is 1. The van der Waals surface area contributed by atoms with Crippen LogP contribution in [0.5, 0.6) is 5.75 Å². The monoisotopic (exact) mass is 396 g/mol. The number of hydrogen-bond donors (Lipinski definition) is 1. The van der Waals surface area contributed by atoms with E-state index in [9.17, 15) is 14.4 Å². The van der Waals surface area contributed by atoms with Gasteiger partial charge in [-0.05, 0) is 39.7 Å². The van der Waals surface area contributed by atoms with Gasteiger partial charge < -0.3 is 10.1 Å². The number of carbonyl (C=O) groups is 3. The summed E-state index contributed by atoms with van der Waals surface area (Å²) in [6, 6.07) is 5.83. The Bertz CT molecular complexity index is 863. The summed E-state index contributed by atoms with van der Waals surface area (Å²) in [6.45, 7) is 6.17. The number of nitrogens with zero attached hydrogens (tertiary/aromatic N) is 1. The van der Waals surface area contributed by atoms with Gasteiger partial charge >= 0.3 is 0 Å². The molecule has 2 aliphatic heterocycles. The fourth-order valence-corrected chi connectivity index (χ4v) is 4.67. The lowest BCUT2D eigenvalue weighted by Crippen LogP contribution is -2.42. The molecule has 1 aliphatic carbocycles. The number of fused-ring (bicyclic) bond motifs is 2. The summed E-state index contributed by atoms with van der Waals surface area (Å²) < 4.78 is 6.05. The van der Waals surface area contributed by atoms with Crippen LogP contribution < -0.4 is 10.1 Å². The third-order valence-corrected chi connectivity index (χ3v) is 6.12. The summed E-state index contributed by atoms with van der Waals surface area (Å²) in [5, 5.41) is 3.09. The van der Waals surface area contributed by atoms with Gasteiger partial charge in [0.1, 0.15) is 11.4 Å². The van der Waals surface area contributed by atoms with E-state index >= 15 is 0 Å². The molecule has 154 valence electrons. The third kappa shape index (κ3) is 3.80. The summed E-state index contributed by atoms with van der Waals surface area (Å²) in [4.78, 5) is 39.1. The number of rotatable bonds is 4. The molecule has 3 amide bonds. The van der Waals surface area contributed by atoms with Crippen LogP contribution in [0.15, 0.2) is 30.4 Å². The lowest BCUT2D eigenvalue weighted by Gasteiger charge is -2.38. The van der Waals surface area contributed by atoms with E-state index in [1.807, 2.05) is 51.1 Å². The Morgan fingerprint density at radius 2 is 1.83 bits per heavy atom. The number of amides is 3. The van der Waals surface area contributed by atoms with Crippen LogP contribution in [0.1, 0.15) is 56.7 Å². The minimum atomic E-state index is -0.385. The van der Waals surface area contributed by atoms with Gasteiger partial charge in [-0.2, -0.15) is 0 Å². The van der Waals surface area contributed by atoms with Crippen LogP contribution in [0.4, 0.5) is 0 Å². The molecular formula is C23H28N2O4. The Morgan fingerprint density at radius 1 is 1.17 bits per heavy atom. The first-order valence-corrected chi connectivity index (χ1v) is 10.3. The summed E-state index contributed by atoms with van der Waals surface area (Å²) in [7, 11) is 0. The van der Waals surface area contributed by atoms with Crippen molar-refractivity contribution in [1.82, 2.24) is 10.2 Å². The Labute approximate surface area is 171 Å². The fraction of sp³-hybridized carbons (Fsp3) is 0.522. The molecule has 1 aromatic carbocycles. The number of aryl methyl sites for hydroxylation is 1. The second-order valence-corrected chi connectivity index (χ2v) is 8.96. The maximum atomic E-state index is 12.7. The molecule has 0 aromatic heterocycles. The van der Waals surface area contributed by atoms with Crippen molar-refractivity contribution in [2.24, 2.45) is 11.8 Å². The molecule has 1 aromatic rings. The first kappa shape index (κ1) is 19.7. The van der Waals surface area contributed by atoms with Crippen molar-refractivity contribution in [1.29, 1.82) is 0 Å². The van der Waals surface area contributed by atoms with Crippen molar-refractivity contribution in [2.45, 2.75) is 58.1 Å². The number of hydrogen-bond acceptors (Lipinski definition) is 4. The topological polar surface area (TPSA) is 75.7 Å². The maximum Gasteiger partial charge on any atom is 0.233 e. The number of imide groups is 1. The highest BCUT2D eigenvalue weighted by molar-refractivity contribution is 6.05. The van der Waals surface area contributed by atoms with Gasteiger partial charge in [0.2, 0.25) is 17.7 Å². The molecule has 1 saturated heterocycles. The van der Waals surface area contributed by atoms with Gasteiger partial charge in [0.15, 0.2) is 0 Å². The number of ether oxygens (including phenoxy) is 1. The molecule has 0 saturated carbocycles. The lowest BCUT2D eigenvalue weighted by atomic mass is 9.85. The first-order chi connectivity index (χ1) is 13.7. The van der Waals surface area contributed by atoms with Crippen molar-refractivity contribution < 1.29 is 19.1 Å². The number of nitrogens with one attached hydrogen (secondary N) is 1. The van der Waals surface area contributed by atoms with Crippen molar-refractivity contribution >= 4 is 17.7 Å². The van der Waals surface area contributed by atoms with Crippen molar-refractivity contribution in [3.63, 3.8) is 0 Å². The second kappa shape index (κ2) is 7.32. The average molecular weight is 396 g/mol. The highest BCUT2D eigenvalue weighted by Gasteiger charge is 2.47. The Balaban J connectivity index is 1.41. The Morgan fingerprint density at radius 3 is 2.48 bits per heavy atom. The second-order valence-electron chi connectivity index (χ2n) is 8.96. The van der Waals surface area contributed by atoms with Crippen LogP contribution >= 0.6 is 0 Å². The molecule has 3 aliphatic rings. The quantitative estimate of drug-likeness (QED) is 0.627. The zero-order valence-corrected chi connectivity index (χ0v) is 17.2. The molecule has 1 N–H and O–H groups in total. The van der Waals surface area contributed by atoms with Crippen LogP contribution in [0, 0.1) is 18.8 Å². The van der Waals surface area contributed by atoms with Crippen LogP contribution in [-0.2, 0) is 14.4 Å². The molecule has 0 unspecified atom stereocenters. The molecule has 6 nitrogen and oxygen atoms in total. The molecule has 1 fully saturated rings. The predicted molar refractivity (Wildman–Crippen MR) is 108 cm³/mol. The number of likely N-dealkylation sites (tertiary alicyclic amines) is 1. The number of carbonyl (C=O) groups excluding carboxylic acids is 3. The van der Waals surface area contributed by atoms with E-state index in [1.165, 1.54) is 4.90 Å². The van der Waals surface area contributed by atoms with Gasteiger partial charge in [-0.1, -0.05) is 29.8 Å². The van der Waals surface area contributed by atoms with Crippen molar-refractivity contribution in [3.8, 4) is 5.75 Å². The molecule has 0 spiro atoms. The van der Waals surface area contributed by atoms with Gasteiger partial charge in [-0.25, -0.2) is 0 Å². The van der Waals surface area contributed by atoms with E-state index in [-0.39, 0.29) is 54.2 Å². The van der Waals surface area contributed by atoms with E-state index < -0.39 is 0 Å². The molecule has 2 heterocycles. The van der Waals surface area contributed by atoms with Crippen molar-refractivity contribution in [2.75, 3.05) is 6.54 Å². The van der Waals surface area contributed by atoms with Gasteiger partial charge in [-0.3, -0.25) is 19.3 Å². The normalized spacial score (nSPS) is 27.3. The Kier molecular flexibility index (Phi) is 4.97. The highest BCUT2D eigenvalue weighted by atomic mass is 16.5. The summed E-state index contributed by atoms with van der Waals surface area (Å²) in [5.41, 5.74) is 1.70. The first-order valence-electron chi connectivity index (χ1n) is 10.3. The van der Waals surface area contributed by atoms with Gasteiger partial charge in [0.25, 0.3) is 0 Å². The maximum absolute atomic E-state index is 12.7. The SMILES string of the molecule is Cc1ccc2c(c1)[C@@H](NC(=O)CCN1C(=O)[C@H]3CC=CC[C@H]3C1=O)CC(C)(C)O2. The molecule has 4 rings (SSSR count). The minimum Gasteiger partial charge on any atom is -0.487 e. The standard InChI is InChI=1S/C23H28N2O4/c1-14-8-9-19-17(12-14)18(13-23(2,3)29-19)24-20(26)10-11-25-21(27)15-6-4-5-7-16(15)22(25)28/h4-5,8-9,12,15-16,18H,6-7,10-11,13H2,1-3H3,(H,24,26)/t15-,16+,18-/m0/s1. The highest BCUT2D eigenvalue weighted by Crippen LogP contribution is 2.40. The summed E-state index contributed by atoms with van der Waals surface area (Å²) in [6.07, 6.45) is 5.94. The third-order valence-electron chi connectivity index (χ3n) is 6.12. The summed E-state index contributed by atoms with van der Waals surface area (Å²) in [5.74, 6) is -0.133. The van der Waals surface area contributed by atoms with Crippen molar-refractivity contribution in [3.05, 3.63) is 41.5 Å². The molecule has 6 heteroatoms. The fourth-order valence-electron chi connectivity index (χ4n) is 4.67. The lowest BCUT2D eigenvalue weighted by molar-refractivity contribution is -0.140. The van der Waals surface area contributed by atoms with Gasteiger partial charge in [0, 0.05) is 24.9 Å². The molecule has 29 heavy (non-hydrogen) atoms. The molecule has 3 atom stereocenters. The van der Waals surface area contributed by atoms with Crippen LogP contribution in [-0.4, -0.2) is 34.8 Å². The molecule has 0 radical (unpaired) electrons. The number of allylic oxidation sites excluding steroid dienone is 2. The molecular weight excluding hydrogens is 368 g/mol. The Hall–Kier alpha value is -2.63. The van der Waals surface area contributed by atoms with Crippen LogP contribution in [0.25, 0.3) is 0 Å². The van der Waals surface area contributed by atoms with Gasteiger partial charge in [0.05, 0.1) is 17.9 Å².